The zero-order chi connectivity index (χ0) is 14.4. The van der Waals surface area contributed by atoms with E-state index in [1.165, 1.54) is 24.3 Å². The molecule has 0 bridgehead atoms. The van der Waals surface area contributed by atoms with Crippen LogP contribution in [0.15, 0.2) is 48.8 Å². The third kappa shape index (κ3) is 4.05. The molecule has 0 saturated carbocycles. The van der Waals surface area contributed by atoms with E-state index in [0.717, 1.165) is 12.0 Å². The minimum atomic E-state index is -0.325. The fourth-order valence-corrected chi connectivity index (χ4v) is 1.70. The van der Waals surface area contributed by atoms with Gasteiger partial charge in [-0.05, 0) is 48.4 Å². The predicted molar refractivity (Wildman–Crippen MR) is 76.0 cm³/mol. The molecular formula is C15H16FN3O. The number of urea groups is 1. The number of amides is 2. The summed E-state index contributed by atoms with van der Waals surface area (Å²) in [5.41, 5.74) is 1.70. The fraction of sp³-hybridized carbons (Fsp3) is 0.200. The first-order valence-corrected chi connectivity index (χ1v) is 6.32. The molecule has 0 aliphatic heterocycles. The van der Waals surface area contributed by atoms with Crippen LogP contribution in [0.3, 0.4) is 0 Å². The van der Waals surface area contributed by atoms with Gasteiger partial charge in [-0.15, -0.1) is 0 Å². The van der Waals surface area contributed by atoms with Crippen molar-refractivity contribution >= 4 is 11.7 Å². The Balaban J connectivity index is 1.84. The highest BCUT2D eigenvalue weighted by Crippen LogP contribution is 2.09. The molecule has 1 heterocycles. The van der Waals surface area contributed by atoms with Crippen LogP contribution in [0.4, 0.5) is 14.9 Å². The van der Waals surface area contributed by atoms with Crippen molar-refractivity contribution in [1.82, 2.24) is 9.88 Å². The highest BCUT2D eigenvalue weighted by Gasteiger charge is 2.08. The first kappa shape index (κ1) is 14.0. The lowest BCUT2D eigenvalue weighted by atomic mass is 10.2. The number of carbonyl (C=O) groups is 1. The Morgan fingerprint density at radius 2 is 1.85 bits per heavy atom. The number of benzene rings is 1. The van der Waals surface area contributed by atoms with Crippen molar-refractivity contribution in [2.45, 2.75) is 6.42 Å². The van der Waals surface area contributed by atoms with Gasteiger partial charge in [0.25, 0.3) is 0 Å². The van der Waals surface area contributed by atoms with E-state index in [0.29, 0.717) is 12.2 Å². The molecule has 0 atom stereocenters. The molecule has 0 unspecified atom stereocenters. The van der Waals surface area contributed by atoms with Gasteiger partial charge in [0.2, 0.25) is 0 Å². The van der Waals surface area contributed by atoms with E-state index in [1.54, 1.807) is 24.3 Å². The molecule has 20 heavy (non-hydrogen) atoms. The summed E-state index contributed by atoms with van der Waals surface area (Å²) in [5, 5.41) is 2.71. The molecule has 2 aromatic rings. The van der Waals surface area contributed by atoms with Gasteiger partial charge in [0.15, 0.2) is 0 Å². The summed E-state index contributed by atoms with van der Waals surface area (Å²) in [4.78, 5) is 17.5. The Morgan fingerprint density at radius 3 is 2.50 bits per heavy atom. The van der Waals surface area contributed by atoms with Gasteiger partial charge in [0, 0.05) is 31.7 Å². The van der Waals surface area contributed by atoms with Gasteiger partial charge in [-0.2, -0.15) is 0 Å². The van der Waals surface area contributed by atoms with Gasteiger partial charge in [-0.1, -0.05) is 0 Å². The van der Waals surface area contributed by atoms with Gasteiger partial charge in [0.05, 0.1) is 0 Å². The topological polar surface area (TPSA) is 45.2 Å². The zero-order valence-corrected chi connectivity index (χ0v) is 11.2. The Kier molecular flexibility index (Phi) is 4.65. The zero-order valence-electron chi connectivity index (χ0n) is 11.2. The molecule has 1 N–H and O–H groups in total. The van der Waals surface area contributed by atoms with E-state index < -0.39 is 0 Å². The first-order chi connectivity index (χ1) is 9.65. The van der Waals surface area contributed by atoms with Crippen LogP contribution in [0.5, 0.6) is 0 Å². The normalized spacial score (nSPS) is 10.1. The van der Waals surface area contributed by atoms with Gasteiger partial charge in [-0.25, -0.2) is 9.18 Å². The lowest BCUT2D eigenvalue weighted by molar-refractivity contribution is 0.223. The van der Waals surface area contributed by atoms with E-state index in [4.69, 9.17) is 0 Å². The number of hydrogen-bond donors (Lipinski definition) is 1. The van der Waals surface area contributed by atoms with Crippen LogP contribution < -0.4 is 5.32 Å². The summed E-state index contributed by atoms with van der Waals surface area (Å²) in [6.07, 6.45) is 4.22. The van der Waals surface area contributed by atoms with Crippen LogP contribution in [0, 0.1) is 5.82 Å². The molecule has 0 aliphatic carbocycles. The van der Waals surface area contributed by atoms with Gasteiger partial charge in [-0.3, -0.25) is 4.98 Å². The van der Waals surface area contributed by atoms with Gasteiger partial charge >= 0.3 is 6.03 Å². The summed E-state index contributed by atoms with van der Waals surface area (Å²) in [6, 6.07) is 9.32. The second-order valence-electron chi connectivity index (χ2n) is 4.46. The molecule has 4 nitrogen and oxygen atoms in total. The van der Waals surface area contributed by atoms with Crippen molar-refractivity contribution in [3.63, 3.8) is 0 Å². The molecule has 0 aliphatic rings. The van der Waals surface area contributed by atoms with Crippen molar-refractivity contribution in [1.29, 1.82) is 0 Å². The smallest absolute Gasteiger partial charge is 0.321 e. The average Bonchev–Trinajstić information content (AvgIpc) is 2.48. The number of aromatic nitrogens is 1. The van der Waals surface area contributed by atoms with Crippen LogP contribution in [0.1, 0.15) is 5.56 Å². The molecule has 2 amide bonds. The molecule has 1 aromatic heterocycles. The molecule has 1 aromatic carbocycles. The third-order valence-corrected chi connectivity index (χ3v) is 2.93. The lowest BCUT2D eigenvalue weighted by Gasteiger charge is -2.18. The SMILES string of the molecule is CN(CCc1ccncc1)C(=O)Nc1ccc(F)cc1. The Morgan fingerprint density at radius 1 is 1.20 bits per heavy atom. The van der Waals surface area contributed by atoms with Crippen molar-refractivity contribution in [3.05, 3.63) is 60.2 Å². The van der Waals surface area contributed by atoms with E-state index >= 15 is 0 Å². The first-order valence-electron chi connectivity index (χ1n) is 6.32. The lowest BCUT2D eigenvalue weighted by Crippen LogP contribution is -2.32. The molecule has 0 fully saturated rings. The Hall–Kier alpha value is -2.43. The van der Waals surface area contributed by atoms with Gasteiger partial charge < -0.3 is 10.2 Å². The Labute approximate surface area is 117 Å². The number of nitrogens with zero attached hydrogens (tertiary/aromatic N) is 2. The number of likely N-dealkylation sites (N-methyl/N-ethyl adjacent to an activating group) is 1. The largest absolute Gasteiger partial charge is 0.327 e. The third-order valence-electron chi connectivity index (χ3n) is 2.93. The molecular weight excluding hydrogens is 257 g/mol. The van der Waals surface area contributed by atoms with E-state index in [9.17, 15) is 9.18 Å². The monoisotopic (exact) mass is 273 g/mol. The van der Waals surface area contributed by atoms with Gasteiger partial charge in [0.1, 0.15) is 5.82 Å². The number of carbonyl (C=O) groups excluding carboxylic acids is 1. The quantitative estimate of drug-likeness (QED) is 0.931. The summed E-state index contributed by atoms with van der Waals surface area (Å²) in [5.74, 6) is -0.325. The number of rotatable bonds is 4. The summed E-state index contributed by atoms with van der Waals surface area (Å²) in [7, 11) is 1.72. The minimum Gasteiger partial charge on any atom is -0.327 e. The number of halogens is 1. The maximum atomic E-state index is 12.8. The van der Waals surface area contributed by atoms with E-state index in [2.05, 4.69) is 10.3 Å². The van der Waals surface area contributed by atoms with Crippen molar-refractivity contribution in [3.8, 4) is 0 Å². The predicted octanol–water partition coefficient (Wildman–Crippen LogP) is 2.93. The number of nitrogens with one attached hydrogen (secondary N) is 1. The molecule has 0 saturated heterocycles. The van der Waals surface area contributed by atoms with Crippen LogP contribution in [-0.2, 0) is 6.42 Å². The maximum absolute atomic E-state index is 12.8. The summed E-state index contributed by atoms with van der Waals surface area (Å²) < 4.78 is 12.8. The van der Waals surface area contributed by atoms with Crippen LogP contribution in [0.2, 0.25) is 0 Å². The van der Waals surface area contributed by atoms with E-state index in [-0.39, 0.29) is 11.8 Å². The number of pyridine rings is 1. The van der Waals surface area contributed by atoms with Crippen LogP contribution in [0.25, 0.3) is 0 Å². The number of anilines is 1. The number of hydrogen-bond acceptors (Lipinski definition) is 2. The summed E-state index contributed by atoms with van der Waals surface area (Å²) in [6.45, 7) is 0.594. The van der Waals surface area contributed by atoms with Crippen LogP contribution >= 0.6 is 0 Å². The standard InChI is InChI=1S/C15H16FN3O/c1-19(11-8-12-6-9-17-10-7-12)15(20)18-14-4-2-13(16)3-5-14/h2-7,9-10H,8,11H2,1H3,(H,18,20). The summed E-state index contributed by atoms with van der Waals surface area (Å²) >= 11 is 0. The molecule has 104 valence electrons. The second-order valence-corrected chi connectivity index (χ2v) is 4.46. The second kappa shape index (κ2) is 6.65. The van der Waals surface area contributed by atoms with E-state index in [1.807, 2.05) is 12.1 Å². The molecule has 2 rings (SSSR count). The molecule has 5 heteroatoms. The van der Waals surface area contributed by atoms with Crippen molar-refractivity contribution < 1.29 is 9.18 Å². The van der Waals surface area contributed by atoms with Crippen molar-refractivity contribution in [2.24, 2.45) is 0 Å². The minimum absolute atomic E-state index is 0.217. The maximum Gasteiger partial charge on any atom is 0.321 e. The Bertz CT molecular complexity index is 557. The van der Waals surface area contributed by atoms with Crippen molar-refractivity contribution in [2.75, 3.05) is 18.9 Å². The van der Waals surface area contributed by atoms with Crippen LogP contribution in [-0.4, -0.2) is 29.5 Å². The highest BCUT2D eigenvalue weighted by atomic mass is 19.1. The average molecular weight is 273 g/mol. The molecule has 0 radical (unpaired) electrons. The molecule has 0 spiro atoms. The fourth-order valence-electron chi connectivity index (χ4n) is 1.70. The highest BCUT2D eigenvalue weighted by molar-refractivity contribution is 5.89.